The highest BCUT2D eigenvalue weighted by molar-refractivity contribution is 4.98. The maximum Gasteiger partial charge on any atom is 0.0897 e. The van der Waals surface area contributed by atoms with E-state index < -0.39 is 6.10 Å². The topological polar surface area (TPSA) is 67.3 Å². The van der Waals surface area contributed by atoms with Crippen LogP contribution in [0, 0.1) is 5.92 Å². The summed E-state index contributed by atoms with van der Waals surface area (Å²) < 4.78 is 5.93. The standard InChI is InChI=1S/C16H27N3O2/c1-2-13-6-3-4-8-16(13)21-12-15(20)11-17-10-14-7-5-9-18-19-14/h5,7,9,13,15-17,20H,2-4,6,8,10-12H2,1H3. The van der Waals surface area contributed by atoms with E-state index in [0.717, 1.165) is 12.1 Å². The van der Waals surface area contributed by atoms with E-state index in [2.05, 4.69) is 22.4 Å². The molecule has 21 heavy (non-hydrogen) atoms. The summed E-state index contributed by atoms with van der Waals surface area (Å²) in [7, 11) is 0. The molecular weight excluding hydrogens is 266 g/mol. The Kier molecular flexibility index (Phi) is 7.06. The third kappa shape index (κ3) is 5.69. The molecule has 0 aromatic carbocycles. The first-order valence-electron chi connectivity index (χ1n) is 8.06. The predicted molar refractivity (Wildman–Crippen MR) is 81.7 cm³/mol. The molecule has 118 valence electrons. The number of aliphatic hydroxyl groups excluding tert-OH is 1. The smallest absolute Gasteiger partial charge is 0.0897 e. The van der Waals surface area contributed by atoms with Crippen molar-refractivity contribution in [1.82, 2.24) is 15.5 Å². The summed E-state index contributed by atoms with van der Waals surface area (Å²) in [6.45, 7) is 3.77. The summed E-state index contributed by atoms with van der Waals surface area (Å²) in [6.07, 6.45) is 7.66. The lowest BCUT2D eigenvalue weighted by atomic mass is 9.85. The number of hydrogen-bond acceptors (Lipinski definition) is 5. The van der Waals surface area contributed by atoms with Crippen LogP contribution in [0.4, 0.5) is 0 Å². The molecule has 0 spiro atoms. The van der Waals surface area contributed by atoms with Crippen molar-refractivity contribution < 1.29 is 9.84 Å². The lowest BCUT2D eigenvalue weighted by molar-refractivity contribution is -0.0499. The third-order valence-corrected chi connectivity index (χ3v) is 4.18. The first kappa shape index (κ1) is 16.3. The van der Waals surface area contributed by atoms with Gasteiger partial charge in [0.15, 0.2) is 0 Å². The van der Waals surface area contributed by atoms with Gasteiger partial charge in [-0.15, -0.1) is 0 Å². The molecule has 0 bridgehead atoms. The van der Waals surface area contributed by atoms with Gasteiger partial charge in [-0.2, -0.15) is 10.2 Å². The normalized spacial score (nSPS) is 23.9. The molecule has 1 aromatic heterocycles. The molecule has 5 nitrogen and oxygen atoms in total. The molecule has 1 aliphatic carbocycles. The van der Waals surface area contributed by atoms with E-state index >= 15 is 0 Å². The first-order valence-corrected chi connectivity index (χ1v) is 8.06. The van der Waals surface area contributed by atoms with Crippen molar-refractivity contribution in [2.45, 2.75) is 57.8 Å². The molecule has 3 atom stereocenters. The second-order valence-electron chi connectivity index (χ2n) is 5.82. The molecule has 5 heteroatoms. The Morgan fingerprint density at radius 2 is 2.29 bits per heavy atom. The van der Waals surface area contributed by atoms with Crippen molar-refractivity contribution in [3.8, 4) is 0 Å². The molecule has 0 radical (unpaired) electrons. The van der Waals surface area contributed by atoms with Gasteiger partial charge >= 0.3 is 0 Å². The van der Waals surface area contributed by atoms with Gasteiger partial charge in [0, 0.05) is 19.3 Å². The van der Waals surface area contributed by atoms with Crippen molar-refractivity contribution in [3.05, 3.63) is 24.0 Å². The Labute approximate surface area is 127 Å². The summed E-state index contributed by atoms with van der Waals surface area (Å²) >= 11 is 0. The van der Waals surface area contributed by atoms with Crippen LogP contribution in [0.25, 0.3) is 0 Å². The highest BCUT2D eigenvalue weighted by Gasteiger charge is 2.24. The number of ether oxygens (including phenoxy) is 1. The van der Waals surface area contributed by atoms with Crippen molar-refractivity contribution in [1.29, 1.82) is 0 Å². The zero-order valence-electron chi connectivity index (χ0n) is 12.9. The molecule has 0 amide bonds. The number of rotatable bonds is 8. The Balaban J connectivity index is 1.61. The van der Waals surface area contributed by atoms with E-state index in [1.807, 2.05) is 12.1 Å². The van der Waals surface area contributed by atoms with E-state index in [4.69, 9.17) is 4.74 Å². The minimum Gasteiger partial charge on any atom is -0.389 e. The van der Waals surface area contributed by atoms with Gasteiger partial charge in [-0.05, 0) is 30.9 Å². The summed E-state index contributed by atoms with van der Waals surface area (Å²) in [5.74, 6) is 0.665. The number of aliphatic hydroxyl groups is 1. The maximum atomic E-state index is 9.99. The van der Waals surface area contributed by atoms with E-state index in [-0.39, 0.29) is 0 Å². The van der Waals surface area contributed by atoms with E-state index in [9.17, 15) is 5.11 Å². The molecule has 1 aromatic rings. The van der Waals surface area contributed by atoms with Crippen molar-refractivity contribution in [3.63, 3.8) is 0 Å². The van der Waals surface area contributed by atoms with Crippen LogP contribution < -0.4 is 5.32 Å². The van der Waals surface area contributed by atoms with Gasteiger partial charge < -0.3 is 15.2 Å². The van der Waals surface area contributed by atoms with Crippen LogP contribution in [0.15, 0.2) is 18.3 Å². The first-order chi connectivity index (χ1) is 10.3. The SMILES string of the molecule is CCC1CCCCC1OCC(O)CNCc1cccnn1. The molecule has 0 aliphatic heterocycles. The summed E-state index contributed by atoms with van der Waals surface area (Å²) in [5, 5.41) is 21.0. The molecular formula is C16H27N3O2. The average molecular weight is 293 g/mol. The van der Waals surface area contributed by atoms with E-state index in [0.29, 0.717) is 31.7 Å². The number of nitrogens with zero attached hydrogens (tertiary/aromatic N) is 2. The molecule has 3 unspecified atom stereocenters. The number of hydrogen-bond donors (Lipinski definition) is 2. The lowest BCUT2D eigenvalue weighted by Crippen LogP contribution is -2.35. The van der Waals surface area contributed by atoms with Gasteiger partial charge in [-0.25, -0.2) is 0 Å². The Morgan fingerprint density at radius 1 is 1.43 bits per heavy atom. The van der Waals surface area contributed by atoms with Crippen LogP contribution in [0.2, 0.25) is 0 Å². The van der Waals surface area contributed by atoms with Crippen LogP contribution >= 0.6 is 0 Å². The maximum absolute atomic E-state index is 9.99. The average Bonchev–Trinajstić information content (AvgIpc) is 2.54. The Bertz CT molecular complexity index is 388. The largest absolute Gasteiger partial charge is 0.389 e. The number of aromatic nitrogens is 2. The molecule has 2 N–H and O–H groups in total. The van der Waals surface area contributed by atoms with Gasteiger partial charge in [-0.1, -0.05) is 26.2 Å². The fourth-order valence-corrected chi connectivity index (χ4v) is 2.95. The minimum absolute atomic E-state index is 0.332. The van der Waals surface area contributed by atoms with Gasteiger partial charge in [0.25, 0.3) is 0 Å². The molecule has 1 fully saturated rings. The van der Waals surface area contributed by atoms with Crippen LogP contribution in [-0.4, -0.2) is 40.7 Å². The summed E-state index contributed by atoms with van der Waals surface area (Å²) in [6, 6.07) is 3.77. The lowest BCUT2D eigenvalue weighted by Gasteiger charge is -2.31. The molecule has 1 heterocycles. The highest BCUT2D eigenvalue weighted by Crippen LogP contribution is 2.29. The molecule has 1 saturated carbocycles. The minimum atomic E-state index is -0.471. The molecule has 0 saturated heterocycles. The quantitative estimate of drug-likeness (QED) is 0.766. The summed E-state index contributed by atoms with van der Waals surface area (Å²) in [5.41, 5.74) is 0.879. The van der Waals surface area contributed by atoms with Gasteiger partial charge in [0.1, 0.15) is 0 Å². The van der Waals surface area contributed by atoms with Gasteiger partial charge in [0.05, 0.1) is 24.5 Å². The van der Waals surface area contributed by atoms with Crippen LogP contribution in [0.1, 0.15) is 44.7 Å². The van der Waals surface area contributed by atoms with Crippen molar-refractivity contribution in [2.24, 2.45) is 5.92 Å². The Hall–Kier alpha value is -1.04. The zero-order chi connectivity index (χ0) is 14.9. The molecule has 2 rings (SSSR count). The van der Waals surface area contributed by atoms with Crippen LogP contribution in [-0.2, 0) is 11.3 Å². The van der Waals surface area contributed by atoms with Crippen molar-refractivity contribution >= 4 is 0 Å². The van der Waals surface area contributed by atoms with Crippen LogP contribution in [0.3, 0.4) is 0 Å². The second-order valence-corrected chi connectivity index (χ2v) is 5.82. The monoisotopic (exact) mass is 293 g/mol. The Morgan fingerprint density at radius 3 is 3.05 bits per heavy atom. The predicted octanol–water partition coefficient (Wildman–Crippen LogP) is 1.91. The second kappa shape index (κ2) is 9.07. The van der Waals surface area contributed by atoms with Crippen LogP contribution in [0.5, 0.6) is 0 Å². The number of nitrogens with one attached hydrogen (secondary N) is 1. The summed E-state index contributed by atoms with van der Waals surface area (Å²) in [4.78, 5) is 0. The fraction of sp³-hybridized carbons (Fsp3) is 0.750. The van der Waals surface area contributed by atoms with Gasteiger partial charge in [0.2, 0.25) is 0 Å². The fourth-order valence-electron chi connectivity index (χ4n) is 2.95. The molecule has 1 aliphatic rings. The zero-order valence-corrected chi connectivity index (χ0v) is 12.9. The third-order valence-electron chi connectivity index (χ3n) is 4.18. The van der Waals surface area contributed by atoms with E-state index in [1.165, 1.54) is 25.7 Å². The van der Waals surface area contributed by atoms with Gasteiger partial charge in [-0.3, -0.25) is 0 Å². The highest BCUT2D eigenvalue weighted by atomic mass is 16.5. The van der Waals surface area contributed by atoms with Crippen molar-refractivity contribution in [2.75, 3.05) is 13.2 Å². The van der Waals surface area contributed by atoms with E-state index in [1.54, 1.807) is 6.20 Å².